The highest BCUT2D eigenvalue weighted by atomic mass is 32.2. The monoisotopic (exact) mass is 245 g/mol. The first-order chi connectivity index (χ1) is 7.60. The number of aromatic amines is 1. The maximum atomic E-state index is 11.4. The predicted octanol–water partition coefficient (Wildman–Crippen LogP) is 0.635. The number of carbonyl (C=O) groups excluding carboxylic acids is 1. The Morgan fingerprint density at radius 2 is 2.38 bits per heavy atom. The molecule has 1 aromatic heterocycles. The van der Waals surface area contributed by atoms with E-state index in [0.29, 0.717) is 11.7 Å². The Morgan fingerprint density at radius 3 is 2.94 bits per heavy atom. The molecule has 1 heterocycles. The van der Waals surface area contributed by atoms with Crippen molar-refractivity contribution < 1.29 is 9.53 Å². The van der Waals surface area contributed by atoms with E-state index in [-0.39, 0.29) is 16.9 Å². The number of nitrogens with zero attached hydrogens (tertiary/aromatic N) is 2. The first-order valence-corrected chi connectivity index (χ1v) is 5.87. The normalized spacial score (nSPS) is 12.4. The van der Waals surface area contributed by atoms with Crippen LogP contribution in [-0.2, 0) is 16.1 Å². The molecule has 1 N–H and O–H groups in total. The van der Waals surface area contributed by atoms with Gasteiger partial charge in [-0.3, -0.25) is 9.36 Å². The van der Waals surface area contributed by atoms with Crippen LogP contribution in [0.3, 0.4) is 0 Å². The maximum absolute atomic E-state index is 11.4. The van der Waals surface area contributed by atoms with Crippen LogP contribution in [0, 0.1) is 0 Å². The minimum absolute atomic E-state index is 0.249. The van der Waals surface area contributed by atoms with Crippen LogP contribution in [0.4, 0.5) is 0 Å². The summed E-state index contributed by atoms with van der Waals surface area (Å²) in [5, 5.41) is 6.38. The lowest BCUT2D eigenvalue weighted by atomic mass is 10.5. The molecule has 0 aliphatic carbocycles. The molecule has 0 radical (unpaired) electrons. The second-order valence-corrected chi connectivity index (χ2v) is 4.55. The van der Waals surface area contributed by atoms with Crippen molar-refractivity contribution in [2.45, 2.75) is 37.2 Å². The standard InChI is InChI=1S/C9H15N3O3S/c1-4-5-12-8(14)10-11-9(12)16-6(2)7(13)15-3/h6H,4-5H2,1-3H3,(H,10,14)/t6-/m1/s1. The molecule has 0 saturated carbocycles. The highest BCUT2D eigenvalue weighted by Gasteiger charge is 2.18. The molecule has 0 aromatic carbocycles. The minimum atomic E-state index is -0.379. The molecule has 0 aliphatic heterocycles. The summed E-state index contributed by atoms with van der Waals surface area (Å²) in [5.74, 6) is -0.330. The van der Waals surface area contributed by atoms with Crippen molar-refractivity contribution >= 4 is 17.7 Å². The van der Waals surface area contributed by atoms with Gasteiger partial charge in [0.05, 0.1) is 7.11 Å². The van der Waals surface area contributed by atoms with Crippen LogP contribution in [0.2, 0.25) is 0 Å². The summed E-state index contributed by atoms with van der Waals surface area (Å²) in [6.45, 7) is 4.27. The fraction of sp³-hybridized carbons (Fsp3) is 0.667. The third-order valence-corrected chi connectivity index (χ3v) is 3.05. The van der Waals surface area contributed by atoms with E-state index in [9.17, 15) is 9.59 Å². The van der Waals surface area contributed by atoms with Crippen molar-refractivity contribution in [3.8, 4) is 0 Å². The van der Waals surface area contributed by atoms with Crippen LogP contribution in [0.25, 0.3) is 0 Å². The SMILES string of the molecule is CCCn1c(S[C@H](C)C(=O)OC)n[nH]c1=O. The fourth-order valence-corrected chi connectivity index (χ4v) is 2.09. The van der Waals surface area contributed by atoms with E-state index in [1.165, 1.54) is 23.4 Å². The molecule has 0 spiro atoms. The van der Waals surface area contributed by atoms with Crippen LogP contribution >= 0.6 is 11.8 Å². The number of ether oxygens (including phenoxy) is 1. The third-order valence-electron chi connectivity index (χ3n) is 1.99. The molecule has 0 fully saturated rings. The molecule has 0 saturated heterocycles. The highest BCUT2D eigenvalue weighted by Crippen LogP contribution is 2.20. The van der Waals surface area contributed by atoms with Gasteiger partial charge < -0.3 is 4.74 Å². The molecule has 1 rings (SSSR count). The van der Waals surface area contributed by atoms with Gasteiger partial charge in [-0.2, -0.15) is 0 Å². The van der Waals surface area contributed by atoms with Gasteiger partial charge in [-0.05, 0) is 13.3 Å². The summed E-state index contributed by atoms with van der Waals surface area (Å²) in [6.07, 6.45) is 0.833. The Labute approximate surface area is 97.4 Å². The average molecular weight is 245 g/mol. The molecule has 0 unspecified atom stereocenters. The zero-order valence-electron chi connectivity index (χ0n) is 9.52. The number of H-pyrrole nitrogens is 1. The molecule has 6 nitrogen and oxygen atoms in total. The lowest BCUT2D eigenvalue weighted by Crippen LogP contribution is -2.19. The number of rotatable bonds is 5. The summed E-state index contributed by atoms with van der Waals surface area (Å²) in [4.78, 5) is 22.6. The van der Waals surface area contributed by atoms with E-state index in [4.69, 9.17) is 0 Å². The van der Waals surface area contributed by atoms with Crippen LogP contribution in [0.1, 0.15) is 20.3 Å². The number of methoxy groups -OCH3 is 1. The number of aromatic nitrogens is 3. The number of carbonyl (C=O) groups is 1. The Bertz CT molecular complexity index is 412. The van der Waals surface area contributed by atoms with E-state index in [1.54, 1.807) is 6.92 Å². The topological polar surface area (TPSA) is 77.0 Å². The average Bonchev–Trinajstić information content (AvgIpc) is 2.61. The van der Waals surface area contributed by atoms with E-state index >= 15 is 0 Å². The number of nitrogens with one attached hydrogen (secondary N) is 1. The molecule has 1 aromatic rings. The second kappa shape index (κ2) is 5.74. The quantitative estimate of drug-likeness (QED) is 0.608. The van der Waals surface area contributed by atoms with Crippen molar-refractivity contribution in [3.63, 3.8) is 0 Å². The number of esters is 1. The summed E-state index contributed by atoms with van der Waals surface area (Å²) in [6, 6.07) is 0. The molecule has 0 aliphatic rings. The smallest absolute Gasteiger partial charge is 0.343 e. The lowest BCUT2D eigenvalue weighted by Gasteiger charge is -2.08. The Hall–Kier alpha value is -1.24. The maximum Gasteiger partial charge on any atom is 0.343 e. The van der Waals surface area contributed by atoms with Crippen molar-refractivity contribution in [3.05, 3.63) is 10.5 Å². The fourth-order valence-electron chi connectivity index (χ4n) is 1.19. The van der Waals surface area contributed by atoms with Crippen LogP contribution in [-0.4, -0.2) is 33.1 Å². The summed E-state index contributed by atoms with van der Waals surface area (Å²) < 4.78 is 6.12. The lowest BCUT2D eigenvalue weighted by molar-refractivity contribution is -0.139. The van der Waals surface area contributed by atoms with Gasteiger partial charge in [0, 0.05) is 6.54 Å². The number of hydrogen-bond donors (Lipinski definition) is 1. The largest absolute Gasteiger partial charge is 0.468 e. The highest BCUT2D eigenvalue weighted by molar-refractivity contribution is 8.00. The summed E-state index contributed by atoms with van der Waals surface area (Å²) >= 11 is 1.21. The van der Waals surface area contributed by atoms with Crippen molar-refractivity contribution in [2.24, 2.45) is 0 Å². The number of thioether (sulfide) groups is 1. The zero-order chi connectivity index (χ0) is 12.1. The van der Waals surface area contributed by atoms with Gasteiger partial charge in [0.1, 0.15) is 5.25 Å². The van der Waals surface area contributed by atoms with Crippen molar-refractivity contribution in [1.82, 2.24) is 14.8 Å². The Balaban J connectivity index is 2.81. The molecular weight excluding hydrogens is 230 g/mol. The van der Waals surface area contributed by atoms with Gasteiger partial charge in [0.15, 0.2) is 5.16 Å². The van der Waals surface area contributed by atoms with Gasteiger partial charge in [0.2, 0.25) is 0 Å². The Morgan fingerprint density at radius 1 is 1.69 bits per heavy atom. The number of hydrogen-bond acceptors (Lipinski definition) is 5. The van der Waals surface area contributed by atoms with E-state index < -0.39 is 0 Å². The van der Waals surface area contributed by atoms with E-state index in [2.05, 4.69) is 14.9 Å². The molecule has 1 atom stereocenters. The zero-order valence-corrected chi connectivity index (χ0v) is 10.3. The first-order valence-electron chi connectivity index (χ1n) is 4.99. The van der Waals surface area contributed by atoms with Gasteiger partial charge in [-0.25, -0.2) is 9.89 Å². The van der Waals surface area contributed by atoms with Crippen LogP contribution in [0.15, 0.2) is 9.95 Å². The molecule has 7 heteroatoms. The van der Waals surface area contributed by atoms with Crippen molar-refractivity contribution in [1.29, 1.82) is 0 Å². The predicted molar refractivity (Wildman–Crippen MR) is 60.5 cm³/mol. The van der Waals surface area contributed by atoms with Crippen molar-refractivity contribution in [2.75, 3.05) is 7.11 Å². The molecule has 16 heavy (non-hydrogen) atoms. The van der Waals surface area contributed by atoms with Crippen LogP contribution < -0.4 is 5.69 Å². The van der Waals surface area contributed by atoms with Gasteiger partial charge >= 0.3 is 11.7 Å². The Kier molecular flexibility index (Phi) is 4.60. The third kappa shape index (κ3) is 2.88. The molecule has 90 valence electrons. The molecule has 0 bridgehead atoms. The van der Waals surface area contributed by atoms with Crippen LogP contribution in [0.5, 0.6) is 0 Å². The first kappa shape index (κ1) is 12.8. The summed E-state index contributed by atoms with van der Waals surface area (Å²) in [5.41, 5.74) is -0.249. The van der Waals surface area contributed by atoms with Gasteiger partial charge in [-0.1, -0.05) is 18.7 Å². The van der Waals surface area contributed by atoms with Gasteiger partial charge in [0.25, 0.3) is 0 Å². The molecule has 0 amide bonds. The van der Waals surface area contributed by atoms with E-state index in [1.807, 2.05) is 6.92 Å². The minimum Gasteiger partial charge on any atom is -0.468 e. The van der Waals surface area contributed by atoms with E-state index in [0.717, 1.165) is 6.42 Å². The molecular formula is C9H15N3O3S. The van der Waals surface area contributed by atoms with Gasteiger partial charge in [-0.15, -0.1) is 5.10 Å². The summed E-state index contributed by atoms with van der Waals surface area (Å²) in [7, 11) is 1.34. The second-order valence-electron chi connectivity index (χ2n) is 3.25.